The molecule has 0 bridgehead atoms. The highest BCUT2D eigenvalue weighted by Crippen LogP contribution is 2.30. The molecule has 0 spiro atoms. The number of carboxylic acid groups (broad SMARTS) is 1. The summed E-state index contributed by atoms with van der Waals surface area (Å²) in [6, 6.07) is 2.25. The van der Waals surface area contributed by atoms with E-state index in [0.717, 1.165) is 12.1 Å². The zero-order valence-electron chi connectivity index (χ0n) is 10.9. The lowest BCUT2D eigenvalue weighted by Gasteiger charge is -2.20. The van der Waals surface area contributed by atoms with Gasteiger partial charge in [-0.1, -0.05) is 6.92 Å². The molecule has 0 fully saturated rings. The molecule has 1 rings (SSSR count). The molecule has 3 nitrogen and oxygen atoms in total. The lowest BCUT2D eigenvalue weighted by atomic mass is 10.1. The molecule has 7 heteroatoms. The maximum absolute atomic E-state index is 13.2. The van der Waals surface area contributed by atoms with Gasteiger partial charge in [0, 0.05) is 6.54 Å². The van der Waals surface area contributed by atoms with Gasteiger partial charge in [-0.3, -0.25) is 9.69 Å². The highest BCUT2D eigenvalue weighted by molar-refractivity contribution is 5.69. The van der Waals surface area contributed by atoms with Gasteiger partial charge < -0.3 is 5.11 Å². The van der Waals surface area contributed by atoms with Crippen molar-refractivity contribution in [3.05, 3.63) is 35.1 Å². The molecule has 0 unspecified atom stereocenters. The minimum Gasteiger partial charge on any atom is -0.480 e. The van der Waals surface area contributed by atoms with Crippen molar-refractivity contribution in [1.82, 2.24) is 4.90 Å². The predicted molar refractivity (Wildman–Crippen MR) is 64.6 cm³/mol. The SMILES string of the molecule is CCCN(CC(=O)O)Cc1cc(F)cc(C(F)(F)F)c1. The minimum absolute atomic E-state index is 0.0407. The summed E-state index contributed by atoms with van der Waals surface area (Å²) in [5.41, 5.74) is -0.966. The fraction of sp³-hybridized carbons (Fsp3) is 0.462. The zero-order valence-corrected chi connectivity index (χ0v) is 10.9. The molecule has 0 radical (unpaired) electrons. The average molecular weight is 293 g/mol. The van der Waals surface area contributed by atoms with Gasteiger partial charge in [0.25, 0.3) is 0 Å². The third-order valence-electron chi connectivity index (χ3n) is 2.59. The molecule has 1 aromatic rings. The number of rotatable bonds is 6. The number of carboxylic acids is 1. The Kier molecular flexibility index (Phi) is 5.50. The van der Waals surface area contributed by atoms with Crippen LogP contribution in [0.3, 0.4) is 0 Å². The Hall–Kier alpha value is -1.63. The maximum Gasteiger partial charge on any atom is 0.416 e. The van der Waals surface area contributed by atoms with Crippen LogP contribution in [0.25, 0.3) is 0 Å². The Morgan fingerprint density at radius 3 is 2.45 bits per heavy atom. The second-order valence-electron chi connectivity index (χ2n) is 4.45. The first-order valence-electron chi connectivity index (χ1n) is 6.03. The Morgan fingerprint density at radius 2 is 1.95 bits per heavy atom. The molecule has 0 atom stereocenters. The molecule has 0 heterocycles. The number of hydrogen-bond donors (Lipinski definition) is 1. The molecule has 0 aliphatic carbocycles. The van der Waals surface area contributed by atoms with E-state index >= 15 is 0 Å². The van der Waals surface area contributed by atoms with Gasteiger partial charge in [-0.2, -0.15) is 13.2 Å². The summed E-state index contributed by atoms with van der Waals surface area (Å²) in [6.45, 7) is 1.89. The molecular formula is C13H15F4NO2. The summed E-state index contributed by atoms with van der Waals surface area (Å²) in [4.78, 5) is 12.1. The highest BCUT2D eigenvalue weighted by Gasteiger charge is 2.31. The molecule has 20 heavy (non-hydrogen) atoms. The van der Waals surface area contributed by atoms with E-state index in [1.165, 1.54) is 4.90 Å². The van der Waals surface area contributed by atoms with E-state index in [2.05, 4.69) is 0 Å². The largest absolute Gasteiger partial charge is 0.480 e. The zero-order chi connectivity index (χ0) is 15.3. The van der Waals surface area contributed by atoms with Crippen molar-refractivity contribution in [2.24, 2.45) is 0 Å². The summed E-state index contributed by atoms with van der Waals surface area (Å²) in [6.07, 6.45) is -3.98. The summed E-state index contributed by atoms with van der Waals surface area (Å²) < 4.78 is 50.9. The molecule has 0 saturated carbocycles. The predicted octanol–water partition coefficient (Wildman–Crippen LogP) is 3.14. The fourth-order valence-corrected chi connectivity index (χ4v) is 1.89. The smallest absolute Gasteiger partial charge is 0.416 e. The van der Waals surface area contributed by atoms with Crippen LogP contribution in [0, 0.1) is 5.82 Å². The van der Waals surface area contributed by atoms with E-state index in [1.807, 2.05) is 6.92 Å². The molecule has 112 valence electrons. The quantitative estimate of drug-likeness (QED) is 0.819. The van der Waals surface area contributed by atoms with Gasteiger partial charge in [-0.25, -0.2) is 4.39 Å². The van der Waals surface area contributed by atoms with E-state index in [9.17, 15) is 22.4 Å². The van der Waals surface area contributed by atoms with Crippen LogP contribution in [0.5, 0.6) is 0 Å². The average Bonchev–Trinajstić information content (AvgIpc) is 2.26. The number of hydrogen-bond acceptors (Lipinski definition) is 2. The molecule has 1 aromatic carbocycles. The van der Waals surface area contributed by atoms with Crippen LogP contribution >= 0.6 is 0 Å². The van der Waals surface area contributed by atoms with Crippen molar-refractivity contribution in [3.63, 3.8) is 0 Å². The van der Waals surface area contributed by atoms with Crippen molar-refractivity contribution in [1.29, 1.82) is 0 Å². The van der Waals surface area contributed by atoms with E-state index in [4.69, 9.17) is 5.11 Å². The number of alkyl halides is 3. The monoisotopic (exact) mass is 293 g/mol. The van der Waals surface area contributed by atoms with Crippen LogP contribution in [-0.2, 0) is 17.5 Å². The van der Waals surface area contributed by atoms with Gasteiger partial charge in [0.1, 0.15) is 5.82 Å². The minimum atomic E-state index is -4.63. The molecule has 0 amide bonds. The summed E-state index contributed by atoms with van der Waals surface area (Å²) in [5, 5.41) is 8.73. The number of carbonyl (C=O) groups is 1. The van der Waals surface area contributed by atoms with Crippen LogP contribution in [0.1, 0.15) is 24.5 Å². The second-order valence-corrected chi connectivity index (χ2v) is 4.45. The first kappa shape index (κ1) is 16.4. The summed E-state index contributed by atoms with van der Waals surface area (Å²) >= 11 is 0. The molecule has 0 aliphatic rings. The number of nitrogens with zero attached hydrogens (tertiary/aromatic N) is 1. The Morgan fingerprint density at radius 1 is 1.30 bits per heavy atom. The van der Waals surface area contributed by atoms with Crippen LogP contribution < -0.4 is 0 Å². The maximum atomic E-state index is 13.2. The lowest BCUT2D eigenvalue weighted by Crippen LogP contribution is -2.30. The Balaban J connectivity index is 2.94. The Bertz CT molecular complexity index is 474. The number of benzene rings is 1. The van der Waals surface area contributed by atoms with Gasteiger partial charge in [0.05, 0.1) is 12.1 Å². The van der Waals surface area contributed by atoms with Crippen molar-refractivity contribution >= 4 is 5.97 Å². The first-order chi connectivity index (χ1) is 9.22. The van der Waals surface area contributed by atoms with Gasteiger partial charge in [0.2, 0.25) is 0 Å². The fourth-order valence-electron chi connectivity index (χ4n) is 1.89. The van der Waals surface area contributed by atoms with Gasteiger partial charge in [-0.05, 0) is 36.7 Å². The summed E-state index contributed by atoms with van der Waals surface area (Å²) in [5.74, 6) is -2.06. The highest BCUT2D eigenvalue weighted by atomic mass is 19.4. The molecule has 0 saturated heterocycles. The third kappa shape index (κ3) is 5.16. The topological polar surface area (TPSA) is 40.5 Å². The standard InChI is InChI=1S/C13H15F4NO2/c1-2-3-18(8-12(19)20)7-9-4-10(13(15,16)17)6-11(14)5-9/h4-6H,2-3,7-8H2,1H3,(H,19,20). The van der Waals surface area contributed by atoms with Crippen molar-refractivity contribution in [2.75, 3.05) is 13.1 Å². The van der Waals surface area contributed by atoms with Crippen molar-refractivity contribution in [2.45, 2.75) is 26.1 Å². The van der Waals surface area contributed by atoms with Crippen LogP contribution in [-0.4, -0.2) is 29.1 Å². The summed E-state index contributed by atoms with van der Waals surface area (Å²) in [7, 11) is 0. The van der Waals surface area contributed by atoms with Gasteiger partial charge >= 0.3 is 12.1 Å². The normalized spacial score (nSPS) is 11.9. The van der Waals surface area contributed by atoms with Gasteiger partial charge in [-0.15, -0.1) is 0 Å². The second kappa shape index (κ2) is 6.69. The van der Waals surface area contributed by atoms with E-state index in [1.54, 1.807) is 0 Å². The first-order valence-corrected chi connectivity index (χ1v) is 6.03. The lowest BCUT2D eigenvalue weighted by molar-refractivity contribution is -0.139. The van der Waals surface area contributed by atoms with Crippen molar-refractivity contribution < 1.29 is 27.5 Å². The van der Waals surface area contributed by atoms with E-state index < -0.39 is 23.5 Å². The molecule has 1 N–H and O–H groups in total. The van der Waals surface area contributed by atoms with Gasteiger partial charge in [0.15, 0.2) is 0 Å². The van der Waals surface area contributed by atoms with E-state index in [-0.39, 0.29) is 18.7 Å². The Labute approximate surface area is 113 Å². The van der Waals surface area contributed by atoms with Crippen molar-refractivity contribution in [3.8, 4) is 0 Å². The number of halogens is 4. The third-order valence-corrected chi connectivity index (χ3v) is 2.59. The van der Waals surface area contributed by atoms with Crippen LogP contribution in [0.2, 0.25) is 0 Å². The van der Waals surface area contributed by atoms with Crippen LogP contribution in [0.15, 0.2) is 18.2 Å². The molecule has 0 aromatic heterocycles. The number of aliphatic carboxylic acids is 1. The molecule has 0 aliphatic heterocycles. The van der Waals surface area contributed by atoms with E-state index in [0.29, 0.717) is 19.0 Å². The molecular weight excluding hydrogens is 278 g/mol. The van der Waals surface area contributed by atoms with Crippen LogP contribution in [0.4, 0.5) is 17.6 Å².